The van der Waals surface area contributed by atoms with E-state index in [0.717, 1.165) is 25.3 Å². The lowest BCUT2D eigenvalue weighted by molar-refractivity contribution is -0.200. The van der Waals surface area contributed by atoms with E-state index >= 15 is 0 Å². The second kappa shape index (κ2) is 22.2. The second-order valence-electron chi connectivity index (χ2n) is 12.7. The van der Waals surface area contributed by atoms with Gasteiger partial charge >= 0.3 is 11.9 Å². The number of amides is 4. The molecule has 0 saturated carbocycles. The van der Waals surface area contributed by atoms with E-state index in [1.807, 2.05) is 67.6 Å². The van der Waals surface area contributed by atoms with Crippen LogP contribution in [-0.4, -0.2) is 80.7 Å². The Labute approximate surface area is 330 Å². The van der Waals surface area contributed by atoms with Crippen LogP contribution < -0.4 is 20.7 Å². The van der Waals surface area contributed by atoms with Crippen molar-refractivity contribution in [3.63, 3.8) is 0 Å². The molecule has 302 valence electrons. The minimum Gasteiger partial charge on any atom is -0.493 e. The third-order valence-electron chi connectivity index (χ3n) is 9.00. The number of hydrogen-bond acceptors (Lipinski definition) is 11. The summed E-state index contributed by atoms with van der Waals surface area (Å²) in [5.41, 5.74) is 2.45. The first kappa shape index (κ1) is 43.3. The van der Waals surface area contributed by atoms with Crippen molar-refractivity contribution < 1.29 is 52.2 Å². The summed E-state index contributed by atoms with van der Waals surface area (Å²) < 4.78 is 20.9. The fraction of sp³-hybridized carbons (Fsp3) is 0.333. The van der Waals surface area contributed by atoms with Crippen LogP contribution in [0.2, 0.25) is 0 Å². The number of nitrogens with zero attached hydrogens (tertiary/aromatic N) is 1. The SMILES string of the molecule is CCOc1cc(-c2ccc(C(=O)NCNC(=O)C(CCc3ccccc3)C(CC)N(C=O)OCc3ccccc3)o2)ccc1C(=O)NC(CC(=O)OC)C(=O)OC. The minimum absolute atomic E-state index is 0.0451. The van der Waals surface area contributed by atoms with Crippen LogP contribution in [0.15, 0.2) is 95.4 Å². The van der Waals surface area contributed by atoms with Crippen LogP contribution in [0.3, 0.4) is 0 Å². The molecular weight excluding hydrogens is 736 g/mol. The van der Waals surface area contributed by atoms with Crippen molar-refractivity contribution in [2.45, 2.75) is 58.2 Å². The predicted octanol–water partition coefficient (Wildman–Crippen LogP) is 4.60. The Morgan fingerprint density at radius 3 is 2.16 bits per heavy atom. The minimum atomic E-state index is -1.29. The zero-order valence-corrected chi connectivity index (χ0v) is 32.4. The summed E-state index contributed by atoms with van der Waals surface area (Å²) in [6.45, 7) is 3.72. The van der Waals surface area contributed by atoms with Gasteiger partial charge in [0.05, 0.1) is 51.4 Å². The van der Waals surface area contributed by atoms with Gasteiger partial charge in [-0.2, -0.15) is 0 Å². The summed E-state index contributed by atoms with van der Waals surface area (Å²) in [5, 5.41) is 9.11. The number of rotatable bonds is 22. The first-order valence-corrected chi connectivity index (χ1v) is 18.4. The Morgan fingerprint density at radius 1 is 0.825 bits per heavy atom. The number of carbonyl (C=O) groups is 6. The van der Waals surface area contributed by atoms with E-state index in [2.05, 4.69) is 20.7 Å². The lowest BCUT2D eigenvalue weighted by Gasteiger charge is -2.32. The fourth-order valence-electron chi connectivity index (χ4n) is 6.04. The average molecular weight is 785 g/mol. The zero-order chi connectivity index (χ0) is 41.2. The van der Waals surface area contributed by atoms with Crippen LogP contribution in [0.25, 0.3) is 11.3 Å². The molecule has 0 radical (unpaired) electrons. The Hall–Kier alpha value is -6.48. The number of methoxy groups -OCH3 is 2. The molecule has 0 fully saturated rings. The molecule has 15 heteroatoms. The van der Waals surface area contributed by atoms with E-state index in [1.54, 1.807) is 25.1 Å². The van der Waals surface area contributed by atoms with E-state index in [4.69, 9.17) is 18.7 Å². The third kappa shape index (κ3) is 12.5. The molecule has 3 aromatic carbocycles. The Balaban J connectivity index is 1.42. The van der Waals surface area contributed by atoms with Gasteiger partial charge in [-0.1, -0.05) is 73.7 Å². The van der Waals surface area contributed by atoms with Crippen LogP contribution in [0.4, 0.5) is 0 Å². The number of hydroxylamine groups is 2. The van der Waals surface area contributed by atoms with Crippen molar-refractivity contribution in [1.82, 2.24) is 21.0 Å². The smallest absolute Gasteiger partial charge is 0.328 e. The van der Waals surface area contributed by atoms with E-state index < -0.39 is 48.2 Å². The van der Waals surface area contributed by atoms with Crippen molar-refractivity contribution in [3.8, 4) is 17.1 Å². The number of carbonyl (C=O) groups excluding carboxylic acids is 6. The first-order chi connectivity index (χ1) is 27.6. The van der Waals surface area contributed by atoms with Crippen LogP contribution in [0.5, 0.6) is 5.75 Å². The maximum absolute atomic E-state index is 13.7. The third-order valence-corrected chi connectivity index (χ3v) is 9.00. The van der Waals surface area contributed by atoms with Gasteiger partial charge in [-0.25, -0.2) is 9.86 Å². The molecule has 0 aliphatic carbocycles. The molecule has 0 aliphatic heterocycles. The topological polar surface area (TPSA) is 192 Å². The predicted molar refractivity (Wildman–Crippen MR) is 207 cm³/mol. The Morgan fingerprint density at radius 2 is 1.53 bits per heavy atom. The number of hydrogen-bond donors (Lipinski definition) is 3. The van der Waals surface area contributed by atoms with Crippen molar-refractivity contribution in [2.75, 3.05) is 27.5 Å². The molecule has 3 unspecified atom stereocenters. The zero-order valence-electron chi connectivity index (χ0n) is 32.4. The van der Waals surface area contributed by atoms with Crippen LogP contribution >= 0.6 is 0 Å². The van der Waals surface area contributed by atoms with Crippen LogP contribution in [-0.2, 0) is 46.5 Å². The van der Waals surface area contributed by atoms with Crippen molar-refractivity contribution >= 4 is 36.1 Å². The lowest BCUT2D eigenvalue weighted by atomic mass is 9.90. The number of ether oxygens (including phenoxy) is 3. The molecule has 0 spiro atoms. The number of esters is 2. The van der Waals surface area contributed by atoms with Gasteiger partial charge in [0.25, 0.3) is 11.8 Å². The molecule has 0 saturated heterocycles. The highest BCUT2D eigenvalue weighted by Gasteiger charge is 2.32. The van der Waals surface area contributed by atoms with Crippen molar-refractivity contribution in [1.29, 1.82) is 0 Å². The summed E-state index contributed by atoms with van der Waals surface area (Å²) in [5.74, 6) is -3.49. The molecule has 4 amide bonds. The number of nitrogens with one attached hydrogen (secondary N) is 3. The van der Waals surface area contributed by atoms with Gasteiger partial charge in [0.2, 0.25) is 12.3 Å². The Kier molecular flexibility index (Phi) is 16.8. The van der Waals surface area contributed by atoms with Crippen molar-refractivity contribution in [2.24, 2.45) is 5.92 Å². The molecule has 3 atom stereocenters. The molecule has 0 aliphatic rings. The highest BCUT2D eigenvalue weighted by molar-refractivity contribution is 6.00. The molecule has 4 aromatic rings. The van der Waals surface area contributed by atoms with E-state index in [0.29, 0.717) is 31.2 Å². The first-order valence-electron chi connectivity index (χ1n) is 18.4. The average Bonchev–Trinajstić information content (AvgIpc) is 3.74. The molecule has 15 nitrogen and oxygen atoms in total. The van der Waals surface area contributed by atoms with Gasteiger partial charge in [0, 0.05) is 5.56 Å². The Bertz CT molecular complexity index is 1950. The highest BCUT2D eigenvalue weighted by Crippen LogP contribution is 2.29. The summed E-state index contributed by atoms with van der Waals surface area (Å²) in [7, 11) is 2.29. The number of aryl methyl sites for hydroxylation is 1. The quantitative estimate of drug-likeness (QED) is 0.0437. The molecular formula is C42H48N4O11. The van der Waals surface area contributed by atoms with Gasteiger partial charge in [0.15, 0.2) is 5.76 Å². The van der Waals surface area contributed by atoms with Crippen LogP contribution in [0.1, 0.15) is 65.1 Å². The molecule has 1 aromatic heterocycles. The standard InChI is InChI=1S/C42H48N4O11/c1-5-34(46(27-47)56-25-29-15-11-8-12-16-29)31(19-17-28-13-9-7-10-14-28)39(49)43-26-44-41(51)36-22-21-35(57-36)30-18-20-32(37(23-30)55-6-2)40(50)45-33(42(52)54-4)24-38(48)53-3/h7-16,18,20-23,27,31,33-34H,5-6,17,19,24-26H2,1-4H3,(H,43,49)(H,44,51)(H,45,50). The van der Waals surface area contributed by atoms with Gasteiger partial charge in [-0.15, -0.1) is 0 Å². The van der Waals surface area contributed by atoms with Crippen LogP contribution in [0, 0.1) is 5.92 Å². The summed E-state index contributed by atoms with van der Waals surface area (Å²) in [6.07, 6.45) is 1.57. The van der Waals surface area contributed by atoms with Gasteiger partial charge in [-0.05, 0) is 61.6 Å². The maximum Gasteiger partial charge on any atom is 0.328 e. The monoisotopic (exact) mass is 784 g/mol. The van der Waals surface area contributed by atoms with Gasteiger partial charge < -0.3 is 34.6 Å². The van der Waals surface area contributed by atoms with E-state index in [1.165, 1.54) is 17.2 Å². The highest BCUT2D eigenvalue weighted by atomic mass is 16.7. The number of benzene rings is 3. The van der Waals surface area contributed by atoms with E-state index in [9.17, 15) is 28.8 Å². The molecule has 4 rings (SSSR count). The second-order valence-corrected chi connectivity index (χ2v) is 12.7. The normalized spacial score (nSPS) is 12.3. The number of furan rings is 1. The van der Waals surface area contributed by atoms with E-state index in [-0.39, 0.29) is 48.6 Å². The summed E-state index contributed by atoms with van der Waals surface area (Å²) in [4.78, 5) is 82.2. The lowest BCUT2D eigenvalue weighted by Crippen LogP contribution is -2.48. The molecule has 57 heavy (non-hydrogen) atoms. The van der Waals surface area contributed by atoms with Gasteiger partial charge in [-0.3, -0.25) is 28.8 Å². The largest absolute Gasteiger partial charge is 0.493 e. The maximum atomic E-state index is 13.7. The van der Waals surface area contributed by atoms with Crippen molar-refractivity contribution in [3.05, 3.63) is 113 Å². The summed E-state index contributed by atoms with van der Waals surface area (Å²) in [6, 6.07) is 24.8. The molecule has 0 bridgehead atoms. The molecule has 1 heterocycles. The molecule has 3 N–H and O–H groups in total. The van der Waals surface area contributed by atoms with Gasteiger partial charge in [0.1, 0.15) is 24.2 Å². The summed E-state index contributed by atoms with van der Waals surface area (Å²) >= 11 is 0. The fourth-order valence-corrected chi connectivity index (χ4v) is 6.04.